The molecule has 0 spiro atoms. The molecule has 4 rings (SSSR count). The summed E-state index contributed by atoms with van der Waals surface area (Å²) in [5.74, 6) is 0. The van der Waals surface area contributed by atoms with Crippen LogP contribution in [0.3, 0.4) is 0 Å². The largest absolute Gasteiger partial charge is 0.383 e. The summed E-state index contributed by atoms with van der Waals surface area (Å²) < 4.78 is 7.17. The first-order valence-electron chi connectivity index (χ1n) is 8.82. The highest BCUT2D eigenvalue weighted by molar-refractivity contribution is 5.79. The Morgan fingerprint density at radius 2 is 1.85 bits per heavy atom. The minimum atomic E-state index is 0.272. The third-order valence-electron chi connectivity index (χ3n) is 4.83. The summed E-state index contributed by atoms with van der Waals surface area (Å²) in [6.45, 7) is 3.73. The highest BCUT2D eigenvalue weighted by Gasteiger charge is 2.27. The molecule has 0 bridgehead atoms. The van der Waals surface area contributed by atoms with Gasteiger partial charge in [-0.25, -0.2) is 4.68 Å². The van der Waals surface area contributed by atoms with Crippen LogP contribution in [0.1, 0.15) is 12.5 Å². The lowest BCUT2D eigenvalue weighted by Gasteiger charge is -2.27. The number of hydrogen-bond acceptors (Lipinski definition) is 4. The molecule has 2 aromatic carbocycles. The van der Waals surface area contributed by atoms with E-state index in [9.17, 15) is 0 Å². The van der Waals surface area contributed by atoms with Gasteiger partial charge in [0.05, 0.1) is 30.1 Å². The lowest BCUT2D eigenvalue weighted by atomic mass is 10.0. The van der Waals surface area contributed by atoms with Gasteiger partial charge in [-0.1, -0.05) is 47.7 Å². The van der Waals surface area contributed by atoms with E-state index < -0.39 is 0 Å². The molecule has 0 saturated carbocycles. The van der Waals surface area contributed by atoms with E-state index in [1.165, 1.54) is 11.1 Å². The van der Waals surface area contributed by atoms with Crippen LogP contribution in [0.5, 0.6) is 0 Å². The summed E-state index contributed by atoms with van der Waals surface area (Å²) in [5, 5.41) is 8.55. The molecular weight excluding hydrogens is 324 g/mol. The van der Waals surface area contributed by atoms with E-state index in [0.29, 0.717) is 6.61 Å². The van der Waals surface area contributed by atoms with Gasteiger partial charge in [0.25, 0.3) is 0 Å². The summed E-state index contributed by atoms with van der Waals surface area (Å²) in [4.78, 5) is 2.35. The van der Waals surface area contributed by atoms with Gasteiger partial charge >= 0.3 is 0 Å². The average Bonchev–Trinajstić information content (AvgIpc) is 3.23. The van der Waals surface area contributed by atoms with Crippen LogP contribution in [0.2, 0.25) is 0 Å². The van der Waals surface area contributed by atoms with Gasteiger partial charge in [0.1, 0.15) is 5.52 Å². The monoisotopic (exact) mass is 346 g/mol. The minimum absolute atomic E-state index is 0.272. The Morgan fingerprint density at radius 3 is 2.65 bits per heavy atom. The molecule has 1 aliphatic heterocycles. The van der Waals surface area contributed by atoms with Crippen molar-refractivity contribution in [1.29, 1.82) is 0 Å². The quantitative estimate of drug-likeness (QED) is 0.707. The van der Waals surface area contributed by atoms with Gasteiger partial charge in [-0.3, -0.25) is 0 Å². The van der Waals surface area contributed by atoms with Crippen molar-refractivity contribution in [2.45, 2.75) is 13.0 Å². The van der Waals surface area contributed by atoms with Crippen LogP contribution in [-0.2, 0) is 4.74 Å². The molecule has 26 heavy (non-hydrogen) atoms. The van der Waals surface area contributed by atoms with Crippen molar-refractivity contribution in [3.8, 4) is 0 Å². The molecule has 0 radical (unpaired) electrons. The molecule has 0 fully saturated rings. The molecule has 3 aromatic rings. The van der Waals surface area contributed by atoms with E-state index in [-0.39, 0.29) is 6.04 Å². The van der Waals surface area contributed by atoms with Crippen molar-refractivity contribution >= 4 is 22.8 Å². The summed E-state index contributed by atoms with van der Waals surface area (Å²) in [5.41, 5.74) is 5.56. The second kappa shape index (κ2) is 7.14. The van der Waals surface area contributed by atoms with E-state index in [1.54, 1.807) is 7.11 Å². The molecule has 5 heteroatoms. The maximum Gasteiger partial charge on any atom is 0.113 e. The van der Waals surface area contributed by atoms with Gasteiger partial charge in [0.15, 0.2) is 0 Å². The highest BCUT2D eigenvalue weighted by atomic mass is 16.5. The lowest BCUT2D eigenvalue weighted by Crippen LogP contribution is -2.31. The zero-order chi connectivity index (χ0) is 17.9. The Morgan fingerprint density at radius 1 is 1.08 bits per heavy atom. The van der Waals surface area contributed by atoms with Gasteiger partial charge in [0.2, 0.25) is 0 Å². The number of nitrogens with zero attached hydrogens (tertiary/aromatic N) is 4. The molecular formula is C21H22N4O. The summed E-state index contributed by atoms with van der Waals surface area (Å²) in [6.07, 6.45) is 4.30. The molecule has 1 atom stereocenters. The van der Waals surface area contributed by atoms with Crippen molar-refractivity contribution in [3.05, 3.63) is 71.9 Å². The molecule has 1 aliphatic rings. The Bertz CT molecular complexity index is 958. The molecule has 0 saturated heterocycles. The smallest absolute Gasteiger partial charge is 0.113 e. The van der Waals surface area contributed by atoms with Crippen molar-refractivity contribution in [1.82, 2.24) is 19.9 Å². The van der Waals surface area contributed by atoms with Crippen molar-refractivity contribution in [2.24, 2.45) is 0 Å². The number of benzene rings is 2. The number of allylic oxidation sites excluding steroid dienone is 1. The lowest BCUT2D eigenvalue weighted by molar-refractivity contribution is 0.162. The van der Waals surface area contributed by atoms with E-state index in [1.807, 2.05) is 35.0 Å². The number of ether oxygens (including phenoxy) is 1. The van der Waals surface area contributed by atoms with Crippen molar-refractivity contribution in [3.63, 3.8) is 0 Å². The van der Waals surface area contributed by atoms with E-state index in [2.05, 4.69) is 58.7 Å². The normalized spacial score (nSPS) is 18.7. The van der Waals surface area contributed by atoms with Crippen molar-refractivity contribution < 1.29 is 4.74 Å². The van der Waals surface area contributed by atoms with Crippen LogP contribution in [-0.4, -0.2) is 46.2 Å². The first-order chi connectivity index (χ1) is 12.8. The Hall–Kier alpha value is -2.92. The Labute approximate surface area is 153 Å². The highest BCUT2D eigenvalue weighted by Crippen LogP contribution is 2.33. The minimum Gasteiger partial charge on any atom is -0.383 e. The molecule has 2 heterocycles. The third kappa shape index (κ3) is 3.02. The maximum absolute atomic E-state index is 5.32. The summed E-state index contributed by atoms with van der Waals surface area (Å²) in [7, 11) is 1.74. The van der Waals surface area contributed by atoms with Gasteiger partial charge in [-0.2, -0.15) is 0 Å². The maximum atomic E-state index is 5.32. The van der Waals surface area contributed by atoms with Crippen LogP contribution in [0.15, 0.2) is 66.4 Å². The molecule has 0 amide bonds. The first kappa shape index (κ1) is 16.5. The number of para-hydroxylation sites is 1. The number of aromatic nitrogens is 3. The van der Waals surface area contributed by atoms with E-state index in [4.69, 9.17) is 4.74 Å². The van der Waals surface area contributed by atoms with Crippen LogP contribution in [0, 0.1) is 0 Å². The molecule has 0 aliphatic carbocycles. The number of hydrogen-bond donors (Lipinski definition) is 0. The first-order valence-corrected chi connectivity index (χ1v) is 8.82. The van der Waals surface area contributed by atoms with Crippen LogP contribution in [0.4, 0.5) is 0 Å². The second-order valence-electron chi connectivity index (χ2n) is 6.40. The van der Waals surface area contributed by atoms with Crippen LogP contribution < -0.4 is 0 Å². The molecule has 1 unspecified atom stereocenters. The third-order valence-corrected chi connectivity index (χ3v) is 4.83. The molecule has 0 N–H and O–H groups in total. The van der Waals surface area contributed by atoms with Gasteiger partial charge in [-0.15, -0.1) is 5.10 Å². The number of fused-ring (bicyclic) bond motifs is 1. The number of methoxy groups -OCH3 is 1. The fourth-order valence-corrected chi connectivity index (χ4v) is 3.44. The molecule has 1 aromatic heterocycles. The fraction of sp³-hybridized carbons (Fsp3) is 0.238. The van der Waals surface area contributed by atoms with E-state index >= 15 is 0 Å². The van der Waals surface area contributed by atoms with Gasteiger partial charge < -0.3 is 9.64 Å². The molecule has 5 nitrogen and oxygen atoms in total. The number of rotatable bonds is 5. The predicted molar refractivity (Wildman–Crippen MR) is 104 cm³/mol. The standard InChI is InChI=1S/C21H22N4O/c1-16-19(17-8-4-3-5-9-17)14-18(24(16)12-13-26-2)15-25-21-11-7-6-10-20(21)22-23-25/h3-11,14-16H,12-13H2,1-2H3. The average molecular weight is 346 g/mol. The van der Waals surface area contributed by atoms with Crippen LogP contribution >= 0.6 is 0 Å². The predicted octanol–water partition coefficient (Wildman–Crippen LogP) is 3.66. The zero-order valence-electron chi connectivity index (χ0n) is 15.0. The zero-order valence-corrected chi connectivity index (χ0v) is 15.0. The fourth-order valence-electron chi connectivity index (χ4n) is 3.44. The van der Waals surface area contributed by atoms with E-state index in [0.717, 1.165) is 23.3 Å². The summed E-state index contributed by atoms with van der Waals surface area (Å²) in [6, 6.07) is 18.8. The van der Waals surface area contributed by atoms with Gasteiger partial charge in [-0.05, 0) is 36.3 Å². The molecule has 132 valence electrons. The van der Waals surface area contributed by atoms with Crippen molar-refractivity contribution in [2.75, 3.05) is 20.3 Å². The topological polar surface area (TPSA) is 43.2 Å². The van der Waals surface area contributed by atoms with Gasteiger partial charge in [0, 0.05) is 13.7 Å². The Kier molecular flexibility index (Phi) is 4.54. The summed E-state index contributed by atoms with van der Waals surface area (Å²) >= 11 is 0. The SMILES string of the molecule is COCCN1C(=Cn2nnc3ccccc32)C=C(c2ccccc2)C1C. The van der Waals surface area contributed by atoms with Crippen LogP contribution in [0.25, 0.3) is 22.8 Å². The second-order valence-corrected chi connectivity index (χ2v) is 6.40. The Balaban J connectivity index is 1.76.